The first kappa shape index (κ1) is 14.9. The van der Waals surface area contributed by atoms with Crippen LogP contribution in [-0.4, -0.2) is 79.7 Å². The van der Waals surface area contributed by atoms with E-state index >= 15 is 0 Å². The molecule has 8 heteroatoms. The second-order valence-corrected chi connectivity index (χ2v) is 8.15. The van der Waals surface area contributed by atoms with E-state index in [2.05, 4.69) is 0 Å². The minimum absolute atomic E-state index is 0.0745. The molecule has 0 saturated carbocycles. The van der Waals surface area contributed by atoms with Crippen LogP contribution in [0.4, 0.5) is 4.79 Å². The van der Waals surface area contributed by atoms with Crippen molar-refractivity contribution < 1.29 is 17.9 Å². The van der Waals surface area contributed by atoms with Crippen LogP contribution in [-0.2, 0) is 14.6 Å². The van der Waals surface area contributed by atoms with Crippen LogP contribution in [0.3, 0.4) is 0 Å². The van der Waals surface area contributed by atoms with E-state index in [0.29, 0.717) is 38.6 Å². The molecule has 0 aromatic rings. The van der Waals surface area contributed by atoms with Crippen LogP contribution in [0.2, 0.25) is 0 Å². The standard InChI is InChI=1S/C11H20N2O4S2/c1-2-19(15,16)10-9-18-8-5-13(10)11(14)12-3-6-17-7-4-12/h10H,2-9H2,1H3. The van der Waals surface area contributed by atoms with E-state index in [4.69, 9.17) is 4.74 Å². The van der Waals surface area contributed by atoms with Gasteiger partial charge in [-0.1, -0.05) is 6.92 Å². The molecule has 110 valence electrons. The molecule has 2 heterocycles. The quantitative estimate of drug-likeness (QED) is 0.731. The monoisotopic (exact) mass is 308 g/mol. The highest BCUT2D eigenvalue weighted by Gasteiger charge is 2.37. The summed E-state index contributed by atoms with van der Waals surface area (Å²) in [7, 11) is -3.23. The van der Waals surface area contributed by atoms with Gasteiger partial charge in [-0.3, -0.25) is 0 Å². The van der Waals surface area contributed by atoms with Crippen molar-refractivity contribution in [1.82, 2.24) is 9.80 Å². The first-order valence-electron chi connectivity index (χ1n) is 6.49. The Morgan fingerprint density at radius 2 is 2.00 bits per heavy atom. The average Bonchev–Trinajstić information content (AvgIpc) is 2.47. The Labute approximate surface area is 118 Å². The van der Waals surface area contributed by atoms with Gasteiger partial charge in [0.15, 0.2) is 9.84 Å². The molecule has 0 aromatic carbocycles. The van der Waals surface area contributed by atoms with Gasteiger partial charge in [-0.25, -0.2) is 13.2 Å². The molecule has 2 amide bonds. The highest BCUT2D eigenvalue weighted by atomic mass is 32.2. The van der Waals surface area contributed by atoms with Crippen molar-refractivity contribution in [1.29, 1.82) is 0 Å². The van der Waals surface area contributed by atoms with Gasteiger partial charge in [-0.05, 0) is 0 Å². The first-order valence-corrected chi connectivity index (χ1v) is 9.36. The highest BCUT2D eigenvalue weighted by Crippen LogP contribution is 2.23. The van der Waals surface area contributed by atoms with Crippen LogP contribution in [0.25, 0.3) is 0 Å². The molecule has 1 unspecified atom stereocenters. The molecule has 1 atom stereocenters. The molecule has 0 bridgehead atoms. The van der Waals surface area contributed by atoms with Gasteiger partial charge in [0.1, 0.15) is 5.37 Å². The lowest BCUT2D eigenvalue weighted by atomic mass is 10.4. The van der Waals surface area contributed by atoms with Crippen molar-refractivity contribution in [2.24, 2.45) is 0 Å². The van der Waals surface area contributed by atoms with E-state index in [1.807, 2.05) is 0 Å². The summed E-state index contributed by atoms with van der Waals surface area (Å²) in [5.74, 6) is 1.35. The van der Waals surface area contributed by atoms with E-state index in [-0.39, 0.29) is 11.8 Å². The number of thioether (sulfide) groups is 1. The minimum atomic E-state index is -3.23. The maximum absolute atomic E-state index is 12.4. The second kappa shape index (κ2) is 6.32. The van der Waals surface area contributed by atoms with Gasteiger partial charge >= 0.3 is 6.03 Å². The number of morpholine rings is 1. The number of amides is 2. The molecule has 0 spiro atoms. The zero-order chi connectivity index (χ0) is 13.9. The molecule has 0 aromatic heterocycles. The number of ether oxygens (including phenoxy) is 1. The molecule has 0 radical (unpaired) electrons. The molecule has 2 aliphatic heterocycles. The van der Waals surface area contributed by atoms with Crippen molar-refractivity contribution in [3.05, 3.63) is 0 Å². The van der Waals surface area contributed by atoms with Crippen molar-refractivity contribution in [3.8, 4) is 0 Å². The molecule has 0 N–H and O–H groups in total. The normalized spacial score (nSPS) is 25.4. The third kappa shape index (κ3) is 3.35. The zero-order valence-corrected chi connectivity index (χ0v) is 12.7. The molecular formula is C11H20N2O4S2. The summed E-state index contributed by atoms with van der Waals surface area (Å²) < 4.78 is 29.4. The highest BCUT2D eigenvalue weighted by molar-refractivity contribution is 8.01. The lowest BCUT2D eigenvalue weighted by Gasteiger charge is -2.39. The predicted octanol–water partition coefficient (Wildman–Crippen LogP) is 0.248. The fourth-order valence-corrected chi connectivity index (χ4v) is 5.19. The van der Waals surface area contributed by atoms with Crippen LogP contribution in [0.5, 0.6) is 0 Å². The van der Waals surface area contributed by atoms with Crippen molar-refractivity contribution in [2.45, 2.75) is 12.3 Å². The van der Waals surface area contributed by atoms with Gasteiger partial charge in [-0.15, -0.1) is 0 Å². The first-order chi connectivity index (χ1) is 9.06. The molecule has 0 aliphatic carbocycles. The van der Waals surface area contributed by atoms with E-state index in [1.165, 1.54) is 4.90 Å². The summed E-state index contributed by atoms with van der Waals surface area (Å²) in [4.78, 5) is 15.7. The van der Waals surface area contributed by atoms with Gasteiger partial charge in [0.05, 0.1) is 13.2 Å². The molecule has 2 aliphatic rings. The van der Waals surface area contributed by atoms with E-state index in [9.17, 15) is 13.2 Å². The van der Waals surface area contributed by atoms with Gasteiger partial charge < -0.3 is 14.5 Å². The number of carbonyl (C=O) groups is 1. The Morgan fingerprint density at radius 3 is 2.63 bits per heavy atom. The lowest BCUT2D eigenvalue weighted by molar-refractivity contribution is 0.0429. The van der Waals surface area contributed by atoms with Gasteiger partial charge in [0, 0.05) is 36.9 Å². The Balaban J connectivity index is 2.12. The number of sulfone groups is 1. The Morgan fingerprint density at radius 1 is 1.32 bits per heavy atom. The van der Waals surface area contributed by atoms with Gasteiger partial charge in [0.2, 0.25) is 0 Å². The Kier molecular flexibility index (Phi) is 4.97. The summed E-state index contributed by atoms with van der Waals surface area (Å²) in [6.07, 6.45) is 0. The third-order valence-corrected chi connectivity index (χ3v) is 6.72. The fraction of sp³-hybridized carbons (Fsp3) is 0.909. The summed E-state index contributed by atoms with van der Waals surface area (Å²) in [6, 6.07) is -0.161. The van der Waals surface area contributed by atoms with Crippen molar-refractivity contribution in [2.75, 3.05) is 50.1 Å². The van der Waals surface area contributed by atoms with Crippen LogP contribution in [0, 0.1) is 0 Å². The third-order valence-electron chi connectivity index (χ3n) is 3.43. The smallest absolute Gasteiger partial charge is 0.321 e. The van der Waals surface area contributed by atoms with Crippen LogP contribution in [0.1, 0.15) is 6.92 Å². The van der Waals surface area contributed by atoms with Crippen LogP contribution < -0.4 is 0 Å². The fourth-order valence-electron chi connectivity index (χ4n) is 2.23. The Bertz CT molecular complexity index is 420. The summed E-state index contributed by atoms with van der Waals surface area (Å²) in [5, 5.41) is -0.674. The van der Waals surface area contributed by atoms with Crippen molar-refractivity contribution >= 4 is 27.6 Å². The summed E-state index contributed by atoms with van der Waals surface area (Å²) in [5.41, 5.74) is 0. The Hall–Kier alpha value is -0.470. The number of urea groups is 1. The van der Waals surface area contributed by atoms with Gasteiger partial charge in [-0.2, -0.15) is 11.8 Å². The number of rotatable bonds is 2. The summed E-state index contributed by atoms with van der Waals surface area (Å²) >= 11 is 1.60. The molecule has 19 heavy (non-hydrogen) atoms. The van der Waals surface area contributed by atoms with Crippen LogP contribution >= 0.6 is 11.8 Å². The topological polar surface area (TPSA) is 66.9 Å². The second-order valence-electron chi connectivity index (χ2n) is 4.56. The molecule has 2 saturated heterocycles. The molecule has 2 fully saturated rings. The van der Waals surface area contributed by atoms with E-state index < -0.39 is 15.2 Å². The molecular weight excluding hydrogens is 288 g/mol. The number of hydrogen-bond donors (Lipinski definition) is 0. The SMILES string of the molecule is CCS(=O)(=O)C1CSCCN1C(=O)N1CCOCC1. The maximum atomic E-state index is 12.4. The molecule has 6 nitrogen and oxygen atoms in total. The zero-order valence-electron chi connectivity index (χ0n) is 11.1. The predicted molar refractivity (Wildman–Crippen MR) is 75.1 cm³/mol. The van der Waals surface area contributed by atoms with Crippen molar-refractivity contribution in [3.63, 3.8) is 0 Å². The molecule has 2 rings (SSSR count). The van der Waals surface area contributed by atoms with E-state index in [0.717, 1.165) is 5.75 Å². The number of nitrogens with zero attached hydrogens (tertiary/aromatic N) is 2. The minimum Gasteiger partial charge on any atom is -0.378 e. The largest absolute Gasteiger partial charge is 0.378 e. The van der Waals surface area contributed by atoms with Gasteiger partial charge in [0.25, 0.3) is 0 Å². The maximum Gasteiger partial charge on any atom is 0.321 e. The van der Waals surface area contributed by atoms with Crippen LogP contribution in [0.15, 0.2) is 0 Å². The van der Waals surface area contributed by atoms with E-state index in [1.54, 1.807) is 23.6 Å². The lowest BCUT2D eigenvalue weighted by Crippen LogP contribution is -2.56. The number of hydrogen-bond acceptors (Lipinski definition) is 5. The summed E-state index contributed by atoms with van der Waals surface area (Å²) in [6.45, 7) is 4.28. The number of carbonyl (C=O) groups excluding carboxylic acids is 1. The average molecular weight is 308 g/mol.